The summed E-state index contributed by atoms with van der Waals surface area (Å²) < 4.78 is 5.19. The fourth-order valence-electron chi connectivity index (χ4n) is 2.00. The first-order valence-electron chi connectivity index (χ1n) is 7.47. The van der Waals surface area contributed by atoms with Crippen molar-refractivity contribution in [2.75, 3.05) is 6.61 Å². The number of nitrogens with two attached hydrogens (primary N) is 1. The predicted molar refractivity (Wildman–Crippen MR) is 75.7 cm³/mol. The van der Waals surface area contributed by atoms with Crippen LogP contribution in [0.4, 0.5) is 0 Å². The SMILES string of the molecule is [CH2]C(N)OCCCCCCCCCCCCC. The molecule has 0 aliphatic heterocycles. The fourth-order valence-corrected chi connectivity index (χ4v) is 2.00. The van der Waals surface area contributed by atoms with Crippen LogP contribution in [0.15, 0.2) is 0 Å². The van der Waals surface area contributed by atoms with Crippen LogP contribution in [-0.2, 0) is 4.74 Å². The van der Waals surface area contributed by atoms with E-state index in [1.165, 1.54) is 64.2 Å². The number of ether oxygens (including phenoxy) is 1. The van der Waals surface area contributed by atoms with Gasteiger partial charge in [0.2, 0.25) is 0 Å². The molecule has 0 aromatic carbocycles. The molecule has 0 spiro atoms. The maximum atomic E-state index is 5.39. The maximum absolute atomic E-state index is 5.39. The van der Waals surface area contributed by atoms with Gasteiger partial charge >= 0.3 is 0 Å². The lowest BCUT2D eigenvalue weighted by atomic mass is 10.1. The zero-order chi connectivity index (χ0) is 12.8. The third kappa shape index (κ3) is 15.9. The van der Waals surface area contributed by atoms with E-state index in [0.29, 0.717) is 0 Å². The Morgan fingerprint density at radius 2 is 1.24 bits per heavy atom. The summed E-state index contributed by atoms with van der Waals surface area (Å²) in [5.74, 6) is 0. The monoisotopic (exact) mass is 242 g/mol. The zero-order valence-corrected chi connectivity index (χ0v) is 11.8. The molecule has 0 fully saturated rings. The summed E-state index contributed by atoms with van der Waals surface area (Å²) in [6, 6.07) is 0. The van der Waals surface area contributed by atoms with E-state index >= 15 is 0 Å². The molecule has 103 valence electrons. The van der Waals surface area contributed by atoms with Gasteiger partial charge in [0.05, 0.1) is 0 Å². The van der Waals surface area contributed by atoms with Crippen LogP contribution in [0.1, 0.15) is 77.6 Å². The van der Waals surface area contributed by atoms with Crippen LogP contribution in [0.5, 0.6) is 0 Å². The quantitative estimate of drug-likeness (QED) is 0.383. The van der Waals surface area contributed by atoms with Gasteiger partial charge in [-0.3, -0.25) is 0 Å². The van der Waals surface area contributed by atoms with E-state index in [2.05, 4.69) is 13.8 Å². The standard InChI is InChI=1S/C15H32NO/c1-3-4-5-6-7-8-9-10-11-12-13-14-17-15(2)16/h15H,2-14,16H2,1H3. The zero-order valence-electron chi connectivity index (χ0n) is 11.8. The third-order valence-corrected chi connectivity index (χ3v) is 3.08. The van der Waals surface area contributed by atoms with Gasteiger partial charge in [0.25, 0.3) is 0 Å². The molecule has 1 radical (unpaired) electrons. The lowest BCUT2D eigenvalue weighted by Crippen LogP contribution is -2.19. The lowest BCUT2D eigenvalue weighted by Gasteiger charge is -2.06. The highest BCUT2D eigenvalue weighted by Gasteiger charge is 1.95. The Balaban J connectivity index is 2.89. The summed E-state index contributed by atoms with van der Waals surface area (Å²) in [7, 11) is 0. The van der Waals surface area contributed by atoms with E-state index in [1.807, 2.05) is 0 Å². The van der Waals surface area contributed by atoms with Gasteiger partial charge in [0, 0.05) is 6.61 Å². The summed E-state index contributed by atoms with van der Waals surface area (Å²) in [6.07, 6.45) is 14.6. The van der Waals surface area contributed by atoms with Crippen molar-refractivity contribution in [3.8, 4) is 0 Å². The molecule has 0 bridgehead atoms. The highest BCUT2D eigenvalue weighted by molar-refractivity contribution is 4.50. The molecule has 2 nitrogen and oxygen atoms in total. The van der Waals surface area contributed by atoms with Gasteiger partial charge in [0.15, 0.2) is 0 Å². The molecule has 0 amide bonds. The molecule has 0 aromatic rings. The van der Waals surface area contributed by atoms with E-state index in [9.17, 15) is 0 Å². The molecule has 0 rings (SSSR count). The van der Waals surface area contributed by atoms with E-state index in [1.54, 1.807) is 0 Å². The average molecular weight is 242 g/mol. The number of hydrogen-bond acceptors (Lipinski definition) is 2. The van der Waals surface area contributed by atoms with Crippen molar-refractivity contribution in [3.63, 3.8) is 0 Å². The van der Waals surface area contributed by atoms with Crippen LogP contribution < -0.4 is 5.73 Å². The van der Waals surface area contributed by atoms with Crippen molar-refractivity contribution < 1.29 is 4.74 Å². The largest absolute Gasteiger partial charge is 0.364 e. The minimum Gasteiger partial charge on any atom is -0.364 e. The molecular formula is C15H32NO. The van der Waals surface area contributed by atoms with Crippen LogP contribution in [0.25, 0.3) is 0 Å². The molecule has 0 aliphatic rings. The van der Waals surface area contributed by atoms with Crippen LogP contribution >= 0.6 is 0 Å². The first-order valence-corrected chi connectivity index (χ1v) is 7.47. The highest BCUT2D eigenvalue weighted by atomic mass is 16.5. The van der Waals surface area contributed by atoms with Crippen molar-refractivity contribution in [1.29, 1.82) is 0 Å². The summed E-state index contributed by atoms with van der Waals surface area (Å²) in [6.45, 7) is 6.62. The maximum Gasteiger partial charge on any atom is 0.105 e. The van der Waals surface area contributed by atoms with Crippen molar-refractivity contribution in [1.82, 2.24) is 0 Å². The Kier molecular flexibility index (Phi) is 13.9. The Hall–Kier alpha value is -0.0800. The van der Waals surface area contributed by atoms with Crippen molar-refractivity contribution >= 4 is 0 Å². The molecule has 0 saturated heterocycles. The predicted octanol–water partition coefficient (Wildman–Crippen LogP) is 4.43. The van der Waals surface area contributed by atoms with Crippen LogP contribution in [0.2, 0.25) is 0 Å². The lowest BCUT2D eigenvalue weighted by molar-refractivity contribution is 0.0844. The summed E-state index contributed by atoms with van der Waals surface area (Å²) >= 11 is 0. The number of unbranched alkanes of at least 4 members (excludes halogenated alkanes) is 10. The van der Waals surface area contributed by atoms with E-state index in [0.717, 1.165) is 13.0 Å². The molecule has 1 atom stereocenters. The molecule has 1 unspecified atom stereocenters. The molecular weight excluding hydrogens is 210 g/mol. The molecule has 0 aromatic heterocycles. The van der Waals surface area contributed by atoms with Gasteiger partial charge in [-0.05, 0) is 13.3 Å². The van der Waals surface area contributed by atoms with Crippen LogP contribution in [-0.4, -0.2) is 12.8 Å². The van der Waals surface area contributed by atoms with Crippen molar-refractivity contribution in [3.05, 3.63) is 6.92 Å². The minimum absolute atomic E-state index is 0.349. The first kappa shape index (κ1) is 16.9. The minimum atomic E-state index is -0.349. The topological polar surface area (TPSA) is 35.2 Å². The smallest absolute Gasteiger partial charge is 0.105 e. The number of rotatable bonds is 13. The van der Waals surface area contributed by atoms with Crippen molar-refractivity contribution in [2.24, 2.45) is 5.73 Å². The van der Waals surface area contributed by atoms with E-state index in [4.69, 9.17) is 10.5 Å². The molecule has 17 heavy (non-hydrogen) atoms. The van der Waals surface area contributed by atoms with E-state index in [-0.39, 0.29) is 6.23 Å². The van der Waals surface area contributed by atoms with Gasteiger partial charge in [-0.2, -0.15) is 0 Å². The summed E-state index contributed by atoms with van der Waals surface area (Å²) in [5, 5.41) is 0. The van der Waals surface area contributed by atoms with Gasteiger partial charge in [-0.15, -0.1) is 0 Å². The highest BCUT2D eigenvalue weighted by Crippen LogP contribution is 2.11. The molecule has 0 heterocycles. The Labute approximate surface area is 108 Å². The molecule has 2 N–H and O–H groups in total. The van der Waals surface area contributed by atoms with E-state index < -0.39 is 0 Å². The summed E-state index contributed by atoms with van der Waals surface area (Å²) in [5.41, 5.74) is 5.39. The second-order valence-electron chi connectivity index (χ2n) is 4.94. The molecule has 2 heteroatoms. The van der Waals surface area contributed by atoms with Crippen LogP contribution in [0, 0.1) is 6.92 Å². The van der Waals surface area contributed by atoms with Crippen LogP contribution in [0.3, 0.4) is 0 Å². The molecule has 0 aliphatic carbocycles. The molecule has 0 saturated carbocycles. The average Bonchev–Trinajstić information content (AvgIpc) is 2.30. The van der Waals surface area contributed by atoms with Gasteiger partial charge < -0.3 is 10.5 Å². The third-order valence-electron chi connectivity index (χ3n) is 3.08. The Bertz CT molecular complexity index is 137. The Morgan fingerprint density at radius 3 is 1.65 bits per heavy atom. The summed E-state index contributed by atoms with van der Waals surface area (Å²) in [4.78, 5) is 0. The first-order chi connectivity index (χ1) is 8.27. The second kappa shape index (κ2) is 14.0. The van der Waals surface area contributed by atoms with Gasteiger partial charge in [-0.1, -0.05) is 71.1 Å². The normalized spacial score (nSPS) is 12.9. The van der Waals surface area contributed by atoms with Crippen molar-refractivity contribution in [2.45, 2.75) is 83.8 Å². The second-order valence-corrected chi connectivity index (χ2v) is 4.94. The fraction of sp³-hybridized carbons (Fsp3) is 0.933. The number of hydrogen-bond donors (Lipinski definition) is 1. The van der Waals surface area contributed by atoms with Gasteiger partial charge in [-0.25, -0.2) is 0 Å². The Morgan fingerprint density at radius 1 is 0.824 bits per heavy atom. The van der Waals surface area contributed by atoms with Gasteiger partial charge in [0.1, 0.15) is 6.23 Å².